The van der Waals surface area contributed by atoms with E-state index >= 15 is 0 Å². The third-order valence-electron chi connectivity index (χ3n) is 3.60. The zero-order valence-corrected chi connectivity index (χ0v) is 12.8. The number of aliphatic hydroxyl groups excluding tert-OH is 1. The minimum absolute atomic E-state index is 0.00214. The van der Waals surface area contributed by atoms with Gasteiger partial charge in [0.15, 0.2) is 0 Å². The summed E-state index contributed by atoms with van der Waals surface area (Å²) in [6.07, 6.45) is -0.179. The van der Waals surface area contributed by atoms with Gasteiger partial charge in [0.1, 0.15) is 0 Å². The Hall–Kier alpha value is -0.950. The molecule has 1 saturated heterocycles. The molecule has 0 bridgehead atoms. The molecule has 2 heterocycles. The first-order chi connectivity index (χ1) is 9.60. The monoisotopic (exact) mass is 298 g/mol. The van der Waals surface area contributed by atoms with Gasteiger partial charge in [-0.05, 0) is 29.3 Å². The molecule has 20 heavy (non-hydrogen) atoms. The zero-order valence-electron chi connectivity index (χ0n) is 12.0. The van der Waals surface area contributed by atoms with Crippen LogP contribution in [0.3, 0.4) is 0 Å². The van der Waals surface area contributed by atoms with Crippen molar-refractivity contribution in [3.63, 3.8) is 0 Å². The van der Waals surface area contributed by atoms with E-state index in [1.54, 1.807) is 16.2 Å². The highest BCUT2D eigenvalue weighted by Gasteiger charge is 2.27. The van der Waals surface area contributed by atoms with Gasteiger partial charge in [0.05, 0.1) is 25.9 Å². The van der Waals surface area contributed by atoms with Crippen molar-refractivity contribution in [3.05, 3.63) is 22.4 Å². The molecule has 1 aromatic heterocycles. The second-order valence-electron chi connectivity index (χ2n) is 5.30. The molecule has 2 rings (SSSR count). The van der Waals surface area contributed by atoms with Gasteiger partial charge in [-0.2, -0.15) is 11.3 Å². The highest BCUT2D eigenvalue weighted by atomic mass is 32.1. The van der Waals surface area contributed by atoms with Crippen LogP contribution in [0.15, 0.2) is 16.8 Å². The van der Waals surface area contributed by atoms with Crippen molar-refractivity contribution in [2.24, 2.45) is 0 Å². The highest BCUT2D eigenvalue weighted by molar-refractivity contribution is 7.07. The summed E-state index contributed by atoms with van der Waals surface area (Å²) in [4.78, 5) is 16.1. The van der Waals surface area contributed by atoms with Crippen molar-refractivity contribution < 1.29 is 14.6 Å². The van der Waals surface area contributed by atoms with Crippen LogP contribution >= 0.6 is 11.3 Å². The summed E-state index contributed by atoms with van der Waals surface area (Å²) in [6.45, 7) is 4.23. The Morgan fingerprint density at radius 3 is 3.10 bits per heavy atom. The number of ether oxygens (including phenoxy) is 1. The minimum Gasteiger partial charge on any atom is -0.394 e. The maximum Gasteiger partial charge on any atom is 0.236 e. The third-order valence-corrected chi connectivity index (χ3v) is 4.33. The Kier molecular flexibility index (Phi) is 5.54. The van der Waals surface area contributed by atoms with Crippen LogP contribution < -0.4 is 0 Å². The second-order valence-corrected chi connectivity index (χ2v) is 6.08. The van der Waals surface area contributed by atoms with Crippen molar-refractivity contribution >= 4 is 17.2 Å². The lowest BCUT2D eigenvalue weighted by atomic mass is 10.2. The molecule has 0 aromatic carbocycles. The lowest BCUT2D eigenvalue weighted by Gasteiger charge is -2.37. The van der Waals surface area contributed by atoms with Gasteiger partial charge >= 0.3 is 0 Å². The van der Waals surface area contributed by atoms with Crippen LogP contribution in [0.2, 0.25) is 0 Å². The minimum atomic E-state index is -0.179. The topological polar surface area (TPSA) is 53.0 Å². The fraction of sp³-hybridized carbons (Fsp3) is 0.643. The molecule has 1 amide bonds. The van der Waals surface area contributed by atoms with Gasteiger partial charge in [-0.3, -0.25) is 9.69 Å². The van der Waals surface area contributed by atoms with Crippen LogP contribution in [0.1, 0.15) is 12.5 Å². The quantitative estimate of drug-likeness (QED) is 0.873. The van der Waals surface area contributed by atoms with Crippen molar-refractivity contribution in [1.29, 1.82) is 0 Å². The lowest BCUT2D eigenvalue weighted by molar-refractivity contribution is -0.136. The molecule has 112 valence electrons. The average Bonchev–Trinajstić information content (AvgIpc) is 2.94. The first-order valence-electron chi connectivity index (χ1n) is 6.81. The van der Waals surface area contributed by atoms with Crippen molar-refractivity contribution in [2.45, 2.75) is 25.6 Å². The predicted molar refractivity (Wildman–Crippen MR) is 78.7 cm³/mol. The molecule has 0 aliphatic carbocycles. The number of rotatable bonds is 5. The van der Waals surface area contributed by atoms with E-state index in [0.29, 0.717) is 26.2 Å². The van der Waals surface area contributed by atoms with Gasteiger partial charge in [-0.25, -0.2) is 0 Å². The molecule has 5 nitrogen and oxygen atoms in total. The van der Waals surface area contributed by atoms with Crippen LogP contribution in [-0.4, -0.2) is 66.3 Å². The van der Waals surface area contributed by atoms with E-state index in [2.05, 4.69) is 10.3 Å². The maximum atomic E-state index is 12.3. The molecule has 2 atom stereocenters. The Morgan fingerprint density at radius 1 is 1.65 bits per heavy atom. The fourth-order valence-corrected chi connectivity index (χ4v) is 2.90. The van der Waals surface area contributed by atoms with Crippen LogP contribution in [0.5, 0.6) is 0 Å². The number of amides is 1. The molecule has 0 spiro atoms. The Balaban J connectivity index is 1.86. The van der Waals surface area contributed by atoms with E-state index in [4.69, 9.17) is 9.84 Å². The second kappa shape index (κ2) is 7.17. The van der Waals surface area contributed by atoms with Gasteiger partial charge in [0.2, 0.25) is 5.91 Å². The van der Waals surface area contributed by atoms with Crippen LogP contribution in [0.25, 0.3) is 0 Å². The van der Waals surface area contributed by atoms with Gasteiger partial charge < -0.3 is 14.7 Å². The van der Waals surface area contributed by atoms with Crippen molar-refractivity contribution in [2.75, 3.05) is 33.4 Å². The predicted octanol–water partition coefficient (Wildman–Crippen LogP) is 0.788. The summed E-state index contributed by atoms with van der Waals surface area (Å²) in [5.41, 5.74) is 1.16. The molecule has 0 radical (unpaired) electrons. The Labute approximate surface area is 123 Å². The molecule has 1 aliphatic rings. The summed E-state index contributed by atoms with van der Waals surface area (Å²) >= 11 is 1.64. The number of likely N-dealkylation sites (N-methyl/N-ethyl adjacent to an activating group) is 1. The average molecular weight is 298 g/mol. The summed E-state index contributed by atoms with van der Waals surface area (Å²) in [7, 11) is 1.83. The molecule has 6 heteroatoms. The summed E-state index contributed by atoms with van der Waals surface area (Å²) in [6, 6.07) is 2.24. The standard InChI is InChI=1S/C14H22N2O3S/c1-11-9-19-13(8-17)6-16(11)7-14(18)15(2)5-12-3-4-20-10-12/h3-4,10-11,13,17H,5-9H2,1-2H3. The van der Waals surface area contributed by atoms with E-state index in [-0.39, 0.29) is 24.7 Å². The number of morpholine rings is 1. The third kappa shape index (κ3) is 4.02. The number of hydrogen-bond donors (Lipinski definition) is 1. The van der Waals surface area contributed by atoms with Crippen LogP contribution in [-0.2, 0) is 16.1 Å². The first kappa shape index (κ1) is 15.4. The van der Waals surface area contributed by atoms with E-state index in [9.17, 15) is 4.79 Å². The summed E-state index contributed by atoms with van der Waals surface area (Å²) in [5, 5.41) is 13.2. The maximum absolute atomic E-state index is 12.3. The van der Waals surface area contributed by atoms with Crippen LogP contribution in [0.4, 0.5) is 0 Å². The number of thiophene rings is 1. The van der Waals surface area contributed by atoms with Crippen molar-refractivity contribution in [3.8, 4) is 0 Å². The fourth-order valence-electron chi connectivity index (χ4n) is 2.24. The zero-order chi connectivity index (χ0) is 14.5. The molecule has 1 fully saturated rings. The number of nitrogens with zero attached hydrogens (tertiary/aromatic N) is 2. The molecule has 2 unspecified atom stereocenters. The van der Waals surface area contributed by atoms with E-state index < -0.39 is 0 Å². The summed E-state index contributed by atoms with van der Waals surface area (Å²) in [5.74, 6) is 0.0987. The summed E-state index contributed by atoms with van der Waals surface area (Å²) < 4.78 is 5.48. The normalized spacial score (nSPS) is 23.8. The number of aliphatic hydroxyl groups is 1. The molecular formula is C14H22N2O3S. The molecule has 1 aromatic rings. The van der Waals surface area contributed by atoms with Gasteiger partial charge in [-0.1, -0.05) is 0 Å². The largest absolute Gasteiger partial charge is 0.394 e. The highest BCUT2D eigenvalue weighted by Crippen LogP contribution is 2.13. The van der Waals surface area contributed by atoms with E-state index in [1.165, 1.54) is 0 Å². The molecular weight excluding hydrogens is 276 g/mol. The first-order valence-corrected chi connectivity index (χ1v) is 7.76. The van der Waals surface area contributed by atoms with E-state index in [0.717, 1.165) is 5.56 Å². The van der Waals surface area contributed by atoms with Gasteiger partial charge in [0, 0.05) is 26.2 Å². The van der Waals surface area contributed by atoms with Gasteiger partial charge in [-0.15, -0.1) is 0 Å². The lowest BCUT2D eigenvalue weighted by Crippen LogP contribution is -2.52. The smallest absolute Gasteiger partial charge is 0.236 e. The Morgan fingerprint density at radius 2 is 2.45 bits per heavy atom. The Bertz CT molecular complexity index is 424. The van der Waals surface area contributed by atoms with E-state index in [1.807, 2.05) is 25.4 Å². The number of carbonyl (C=O) groups excluding carboxylic acids is 1. The van der Waals surface area contributed by atoms with Gasteiger partial charge in [0.25, 0.3) is 0 Å². The number of hydrogen-bond acceptors (Lipinski definition) is 5. The van der Waals surface area contributed by atoms with Crippen molar-refractivity contribution in [1.82, 2.24) is 9.80 Å². The molecule has 0 saturated carbocycles. The molecule has 1 N–H and O–H groups in total. The van der Waals surface area contributed by atoms with Crippen LogP contribution in [0, 0.1) is 0 Å². The molecule has 1 aliphatic heterocycles. The number of carbonyl (C=O) groups is 1. The SMILES string of the molecule is CC1COC(CO)CN1CC(=O)N(C)Cc1ccsc1.